The molecule has 1 heterocycles. The van der Waals surface area contributed by atoms with E-state index >= 15 is 0 Å². The highest BCUT2D eigenvalue weighted by Gasteiger charge is 2.12. The molecule has 0 bridgehead atoms. The lowest BCUT2D eigenvalue weighted by Crippen LogP contribution is -2.08. The number of aryl methyl sites for hydroxylation is 1. The van der Waals surface area contributed by atoms with Crippen LogP contribution in [0.4, 0.5) is 0 Å². The lowest BCUT2D eigenvalue weighted by molar-refractivity contribution is 0.399. The van der Waals surface area contributed by atoms with E-state index in [-0.39, 0.29) is 5.75 Å². The zero-order valence-electron chi connectivity index (χ0n) is 9.76. The van der Waals surface area contributed by atoms with Crippen LogP contribution in [0.15, 0.2) is 9.21 Å². The number of aromatic hydroxyl groups is 1. The Morgan fingerprint density at radius 3 is 2.40 bits per heavy atom. The van der Waals surface area contributed by atoms with Crippen LogP contribution in [0.25, 0.3) is 0 Å². The topological polar surface area (TPSA) is 50.4 Å². The van der Waals surface area contributed by atoms with E-state index in [1.54, 1.807) is 13.8 Å². The first-order valence-corrected chi connectivity index (χ1v) is 5.25. The third-order valence-electron chi connectivity index (χ3n) is 2.60. The molecule has 0 spiro atoms. The fourth-order valence-electron chi connectivity index (χ4n) is 1.43. The SMILES string of the molecule is Cc1c(CCC(C)C)oc(=O)c(C)c1O. The monoisotopic (exact) mass is 210 g/mol. The third kappa shape index (κ3) is 2.61. The molecule has 0 aliphatic rings. The second kappa shape index (κ2) is 4.51. The Morgan fingerprint density at radius 2 is 1.87 bits per heavy atom. The molecule has 84 valence electrons. The summed E-state index contributed by atoms with van der Waals surface area (Å²) in [6, 6.07) is 0. The van der Waals surface area contributed by atoms with Crippen molar-refractivity contribution in [2.24, 2.45) is 5.92 Å². The van der Waals surface area contributed by atoms with Crippen molar-refractivity contribution in [1.82, 2.24) is 0 Å². The van der Waals surface area contributed by atoms with E-state index in [4.69, 9.17) is 4.42 Å². The molecular formula is C12H18O3. The van der Waals surface area contributed by atoms with Crippen LogP contribution in [0.3, 0.4) is 0 Å². The maximum Gasteiger partial charge on any atom is 0.342 e. The Labute approximate surface area is 89.7 Å². The van der Waals surface area contributed by atoms with Crippen LogP contribution < -0.4 is 5.63 Å². The van der Waals surface area contributed by atoms with Crippen LogP contribution in [-0.4, -0.2) is 5.11 Å². The van der Waals surface area contributed by atoms with Crippen LogP contribution in [0.1, 0.15) is 37.2 Å². The Bertz CT molecular complexity index is 402. The molecule has 3 heteroatoms. The molecule has 1 N–H and O–H groups in total. The molecular weight excluding hydrogens is 192 g/mol. The van der Waals surface area contributed by atoms with E-state index in [1.807, 2.05) is 0 Å². The number of rotatable bonds is 3. The molecule has 0 fully saturated rings. The lowest BCUT2D eigenvalue weighted by atomic mass is 10.0. The van der Waals surface area contributed by atoms with Gasteiger partial charge in [0.1, 0.15) is 11.5 Å². The summed E-state index contributed by atoms with van der Waals surface area (Å²) in [5.41, 5.74) is 0.547. The summed E-state index contributed by atoms with van der Waals surface area (Å²) in [5.74, 6) is 1.24. The standard InChI is InChI=1S/C12H18O3/c1-7(2)5-6-10-8(3)11(13)9(4)12(14)15-10/h7,13H,5-6H2,1-4H3. The van der Waals surface area contributed by atoms with Gasteiger partial charge in [-0.05, 0) is 26.2 Å². The van der Waals surface area contributed by atoms with Crippen molar-refractivity contribution < 1.29 is 9.52 Å². The summed E-state index contributed by atoms with van der Waals surface area (Å²) in [5, 5.41) is 9.67. The van der Waals surface area contributed by atoms with Gasteiger partial charge >= 0.3 is 5.63 Å². The lowest BCUT2D eigenvalue weighted by Gasteiger charge is -2.08. The van der Waals surface area contributed by atoms with Gasteiger partial charge in [-0.1, -0.05) is 13.8 Å². The van der Waals surface area contributed by atoms with E-state index in [2.05, 4.69) is 13.8 Å². The molecule has 0 aliphatic carbocycles. The Hall–Kier alpha value is -1.25. The first-order valence-electron chi connectivity index (χ1n) is 5.25. The van der Waals surface area contributed by atoms with Crippen LogP contribution >= 0.6 is 0 Å². The van der Waals surface area contributed by atoms with Gasteiger partial charge in [0, 0.05) is 12.0 Å². The summed E-state index contributed by atoms with van der Waals surface area (Å²) in [6.45, 7) is 7.57. The minimum Gasteiger partial charge on any atom is -0.507 e. The van der Waals surface area contributed by atoms with E-state index in [0.29, 0.717) is 29.2 Å². The zero-order chi connectivity index (χ0) is 11.6. The van der Waals surface area contributed by atoms with Crippen molar-refractivity contribution in [3.8, 4) is 5.75 Å². The second-order valence-corrected chi connectivity index (χ2v) is 4.34. The summed E-state index contributed by atoms with van der Waals surface area (Å²) >= 11 is 0. The molecule has 0 saturated carbocycles. The Kier molecular flexibility index (Phi) is 3.56. The molecule has 3 nitrogen and oxygen atoms in total. The molecule has 1 rings (SSSR count). The quantitative estimate of drug-likeness (QED) is 0.834. The highest BCUT2D eigenvalue weighted by Crippen LogP contribution is 2.23. The fraction of sp³-hybridized carbons (Fsp3) is 0.583. The molecule has 0 radical (unpaired) electrons. The number of hydrogen-bond donors (Lipinski definition) is 1. The van der Waals surface area contributed by atoms with E-state index in [0.717, 1.165) is 6.42 Å². The average Bonchev–Trinajstić information content (AvgIpc) is 2.18. The summed E-state index contributed by atoms with van der Waals surface area (Å²) in [4.78, 5) is 11.3. The van der Waals surface area contributed by atoms with Crippen molar-refractivity contribution in [2.45, 2.75) is 40.5 Å². The van der Waals surface area contributed by atoms with E-state index in [1.165, 1.54) is 0 Å². The maximum atomic E-state index is 11.3. The van der Waals surface area contributed by atoms with Gasteiger partial charge in [-0.2, -0.15) is 0 Å². The van der Waals surface area contributed by atoms with Crippen molar-refractivity contribution in [3.05, 3.63) is 27.3 Å². The summed E-state index contributed by atoms with van der Waals surface area (Å²) < 4.78 is 5.15. The van der Waals surface area contributed by atoms with Crippen molar-refractivity contribution in [2.75, 3.05) is 0 Å². The predicted octanol–water partition coefficient (Wildman–Crippen LogP) is 2.55. The molecule has 0 aliphatic heterocycles. The number of hydrogen-bond acceptors (Lipinski definition) is 3. The zero-order valence-corrected chi connectivity index (χ0v) is 9.76. The molecule has 1 aromatic heterocycles. The Morgan fingerprint density at radius 1 is 1.27 bits per heavy atom. The van der Waals surface area contributed by atoms with Gasteiger partial charge in [0.15, 0.2) is 0 Å². The Balaban J connectivity index is 3.04. The van der Waals surface area contributed by atoms with Gasteiger partial charge < -0.3 is 9.52 Å². The second-order valence-electron chi connectivity index (χ2n) is 4.34. The largest absolute Gasteiger partial charge is 0.507 e. The van der Waals surface area contributed by atoms with Gasteiger partial charge in [0.2, 0.25) is 0 Å². The molecule has 0 aromatic carbocycles. The molecule has 0 unspecified atom stereocenters. The van der Waals surface area contributed by atoms with Crippen LogP contribution in [-0.2, 0) is 6.42 Å². The maximum absolute atomic E-state index is 11.3. The van der Waals surface area contributed by atoms with Crippen molar-refractivity contribution in [1.29, 1.82) is 0 Å². The third-order valence-corrected chi connectivity index (χ3v) is 2.60. The highest BCUT2D eigenvalue weighted by molar-refractivity contribution is 5.38. The molecule has 15 heavy (non-hydrogen) atoms. The summed E-state index contributed by atoms with van der Waals surface area (Å²) in [7, 11) is 0. The fourth-order valence-corrected chi connectivity index (χ4v) is 1.43. The minimum atomic E-state index is -0.433. The smallest absolute Gasteiger partial charge is 0.342 e. The van der Waals surface area contributed by atoms with Crippen molar-refractivity contribution >= 4 is 0 Å². The van der Waals surface area contributed by atoms with Crippen LogP contribution in [0, 0.1) is 19.8 Å². The molecule has 0 saturated heterocycles. The van der Waals surface area contributed by atoms with E-state index in [9.17, 15) is 9.90 Å². The molecule has 1 aromatic rings. The minimum absolute atomic E-state index is 0.0741. The van der Waals surface area contributed by atoms with Crippen molar-refractivity contribution in [3.63, 3.8) is 0 Å². The molecule has 0 amide bonds. The van der Waals surface area contributed by atoms with Crippen LogP contribution in [0.5, 0.6) is 5.75 Å². The van der Waals surface area contributed by atoms with Crippen LogP contribution in [0.2, 0.25) is 0 Å². The van der Waals surface area contributed by atoms with E-state index < -0.39 is 5.63 Å². The van der Waals surface area contributed by atoms with Gasteiger partial charge in [-0.3, -0.25) is 0 Å². The van der Waals surface area contributed by atoms with Gasteiger partial charge in [0.05, 0.1) is 5.56 Å². The summed E-state index contributed by atoms with van der Waals surface area (Å²) in [6.07, 6.45) is 1.65. The highest BCUT2D eigenvalue weighted by atomic mass is 16.4. The first kappa shape index (κ1) is 11.8. The normalized spacial score (nSPS) is 11.0. The van der Waals surface area contributed by atoms with Gasteiger partial charge in [0.25, 0.3) is 0 Å². The first-order chi connectivity index (χ1) is 6.93. The van der Waals surface area contributed by atoms with Gasteiger partial charge in [-0.15, -0.1) is 0 Å². The predicted molar refractivity (Wildman–Crippen MR) is 59.3 cm³/mol. The molecule has 0 atom stereocenters. The van der Waals surface area contributed by atoms with Gasteiger partial charge in [-0.25, -0.2) is 4.79 Å². The average molecular weight is 210 g/mol.